The Balaban J connectivity index is 2.12. The van der Waals surface area contributed by atoms with Gasteiger partial charge in [-0.25, -0.2) is 0 Å². The van der Waals surface area contributed by atoms with Crippen molar-refractivity contribution in [2.45, 2.75) is 37.7 Å². The molecule has 2 rings (SSSR count). The quantitative estimate of drug-likeness (QED) is 0.845. The van der Waals surface area contributed by atoms with Crippen molar-refractivity contribution in [2.24, 2.45) is 0 Å². The van der Waals surface area contributed by atoms with Crippen molar-refractivity contribution in [3.8, 4) is 17.2 Å². The molecule has 0 radical (unpaired) electrons. The zero-order chi connectivity index (χ0) is 15.3. The predicted octanol–water partition coefficient (Wildman–Crippen LogP) is 2.82. The molecule has 0 amide bonds. The highest BCUT2D eigenvalue weighted by atomic mass is 16.5. The average molecular weight is 295 g/mol. The molecule has 2 N–H and O–H groups in total. The van der Waals surface area contributed by atoms with Crippen LogP contribution in [0.25, 0.3) is 0 Å². The van der Waals surface area contributed by atoms with Crippen molar-refractivity contribution in [1.82, 2.24) is 0 Å². The summed E-state index contributed by atoms with van der Waals surface area (Å²) < 4.78 is 16.0. The normalized spacial score (nSPS) is 17.1. The predicted molar refractivity (Wildman–Crippen MR) is 82.6 cm³/mol. The van der Waals surface area contributed by atoms with Crippen LogP contribution in [0.1, 0.15) is 32.1 Å². The van der Waals surface area contributed by atoms with Gasteiger partial charge in [0, 0.05) is 24.4 Å². The van der Waals surface area contributed by atoms with E-state index in [-0.39, 0.29) is 0 Å². The lowest BCUT2D eigenvalue weighted by atomic mass is 9.85. The third-order valence-corrected chi connectivity index (χ3v) is 4.07. The molecule has 0 atom stereocenters. The lowest BCUT2D eigenvalue weighted by molar-refractivity contribution is 0.0167. The molecular formula is C16H25NO4. The molecule has 1 aromatic carbocycles. The molecule has 0 heterocycles. The Kier molecular flexibility index (Phi) is 5.17. The van der Waals surface area contributed by atoms with Gasteiger partial charge in [-0.3, -0.25) is 0 Å². The van der Waals surface area contributed by atoms with Gasteiger partial charge >= 0.3 is 0 Å². The van der Waals surface area contributed by atoms with Crippen molar-refractivity contribution in [3.63, 3.8) is 0 Å². The van der Waals surface area contributed by atoms with Gasteiger partial charge in [0.05, 0.1) is 26.9 Å². The van der Waals surface area contributed by atoms with Crippen LogP contribution < -0.4 is 19.5 Å². The summed E-state index contributed by atoms with van der Waals surface area (Å²) in [6.07, 6.45) is 5.10. The van der Waals surface area contributed by atoms with Crippen LogP contribution in [0.2, 0.25) is 0 Å². The smallest absolute Gasteiger partial charge is 0.203 e. The van der Waals surface area contributed by atoms with Crippen molar-refractivity contribution >= 4 is 5.69 Å². The number of ether oxygens (including phenoxy) is 3. The molecule has 118 valence electrons. The second-order valence-corrected chi connectivity index (χ2v) is 5.55. The van der Waals surface area contributed by atoms with Crippen LogP contribution in [-0.4, -0.2) is 38.6 Å². The van der Waals surface area contributed by atoms with E-state index in [0.717, 1.165) is 31.4 Å². The fraction of sp³-hybridized carbons (Fsp3) is 0.625. The number of hydrogen-bond donors (Lipinski definition) is 2. The lowest BCUT2D eigenvalue weighted by Crippen LogP contribution is -2.38. The van der Waals surface area contributed by atoms with Crippen molar-refractivity contribution in [1.29, 1.82) is 0 Å². The topological polar surface area (TPSA) is 60.0 Å². The Labute approximate surface area is 126 Å². The fourth-order valence-corrected chi connectivity index (χ4v) is 2.84. The maximum Gasteiger partial charge on any atom is 0.203 e. The van der Waals surface area contributed by atoms with Crippen LogP contribution in [-0.2, 0) is 0 Å². The number of anilines is 1. The highest BCUT2D eigenvalue weighted by molar-refractivity contribution is 5.62. The van der Waals surface area contributed by atoms with Gasteiger partial charge < -0.3 is 24.6 Å². The van der Waals surface area contributed by atoms with Gasteiger partial charge in [0.2, 0.25) is 5.75 Å². The summed E-state index contributed by atoms with van der Waals surface area (Å²) in [5.74, 6) is 1.78. The molecule has 1 aromatic rings. The first-order chi connectivity index (χ1) is 10.1. The third-order valence-electron chi connectivity index (χ3n) is 4.07. The first-order valence-corrected chi connectivity index (χ1v) is 7.38. The van der Waals surface area contributed by atoms with Crippen LogP contribution >= 0.6 is 0 Å². The minimum Gasteiger partial charge on any atom is -0.493 e. The maximum absolute atomic E-state index is 10.5. The number of rotatable bonds is 6. The van der Waals surface area contributed by atoms with E-state index in [1.807, 2.05) is 12.1 Å². The fourth-order valence-electron chi connectivity index (χ4n) is 2.84. The van der Waals surface area contributed by atoms with E-state index in [1.54, 1.807) is 21.3 Å². The van der Waals surface area contributed by atoms with Crippen molar-refractivity contribution < 1.29 is 19.3 Å². The minimum atomic E-state index is -0.612. The molecule has 0 saturated heterocycles. The van der Waals surface area contributed by atoms with Gasteiger partial charge in [0.15, 0.2) is 11.5 Å². The number of hydrogen-bond acceptors (Lipinski definition) is 5. The number of benzene rings is 1. The zero-order valence-electron chi connectivity index (χ0n) is 13.1. The molecule has 1 aliphatic rings. The highest BCUT2D eigenvalue weighted by Crippen LogP contribution is 2.40. The molecule has 0 aromatic heterocycles. The molecular weight excluding hydrogens is 270 g/mol. The van der Waals surface area contributed by atoms with E-state index in [4.69, 9.17) is 14.2 Å². The summed E-state index contributed by atoms with van der Waals surface area (Å²) in [4.78, 5) is 0. The van der Waals surface area contributed by atoms with Crippen LogP contribution in [0.3, 0.4) is 0 Å². The molecule has 0 aliphatic heterocycles. The molecule has 1 aliphatic carbocycles. The first-order valence-electron chi connectivity index (χ1n) is 7.38. The summed E-state index contributed by atoms with van der Waals surface area (Å²) in [5, 5.41) is 13.8. The second-order valence-electron chi connectivity index (χ2n) is 5.55. The van der Waals surface area contributed by atoms with Gasteiger partial charge in [-0.05, 0) is 12.8 Å². The lowest BCUT2D eigenvalue weighted by Gasteiger charge is -2.32. The molecule has 1 saturated carbocycles. The Morgan fingerprint density at radius 1 is 1.00 bits per heavy atom. The Bertz CT molecular complexity index is 444. The van der Waals surface area contributed by atoms with Gasteiger partial charge in [0.1, 0.15) is 0 Å². The summed E-state index contributed by atoms with van der Waals surface area (Å²) in [5.41, 5.74) is 0.238. The van der Waals surface area contributed by atoms with Gasteiger partial charge in [-0.15, -0.1) is 0 Å². The van der Waals surface area contributed by atoms with E-state index < -0.39 is 5.60 Å². The minimum absolute atomic E-state index is 0.533. The van der Waals surface area contributed by atoms with E-state index in [9.17, 15) is 5.11 Å². The van der Waals surface area contributed by atoms with E-state index in [1.165, 1.54) is 6.42 Å². The standard InChI is InChI=1S/C16H25NO4/c1-19-13-9-12(10-14(20-2)15(13)21-3)17-11-16(18)7-5-4-6-8-16/h9-10,17-18H,4-8,11H2,1-3H3. The van der Waals surface area contributed by atoms with Crippen LogP contribution in [0.4, 0.5) is 5.69 Å². The number of nitrogens with one attached hydrogen (secondary N) is 1. The molecule has 5 heteroatoms. The van der Waals surface area contributed by atoms with Crippen LogP contribution in [0.15, 0.2) is 12.1 Å². The van der Waals surface area contributed by atoms with Gasteiger partial charge in [-0.1, -0.05) is 19.3 Å². The summed E-state index contributed by atoms with van der Waals surface area (Å²) >= 11 is 0. The number of aliphatic hydroxyl groups is 1. The molecule has 21 heavy (non-hydrogen) atoms. The highest BCUT2D eigenvalue weighted by Gasteiger charge is 2.29. The third kappa shape index (κ3) is 3.73. The van der Waals surface area contributed by atoms with E-state index in [0.29, 0.717) is 23.8 Å². The molecule has 5 nitrogen and oxygen atoms in total. The summed E-state index contributed by atoms with van der Waals surface area (Å²) in [7, 11) is 4.77. The largest absolute Gasteiger partial charge is 0.493 e. The van der Waals surface area contributed by atoms with Gasteiger partial charge in [-0.2, -0.15) is 0 Å². The van der Waals surface area contributed by atoms with Gasteiger partial charge in [0.25, 0.3) is 0 Å². The Hall–Kier alpha value is -1.62. The monoisotopic (exact) mass is 295 g/mol. The van der Waals surface area contributed by atoms with Crippen molar-refractivity contribution in [2.75, 3.05) is 33.2 Å². The Morgan fingerprint density at radius 3 is 2.05 bits per heavy atom. The van der Waals surface area contributed by atoms with Crippen LogP contribution in [0.5, 0.6) is 17.2 Å². The molecule has 0 bridgehead atoms. The second kappa shape index (κ2) is 6.89. The van der Waals surface area contributed by atoms with Crippen LogP contribution in [0, 0.1) is 0 Å². The zero-order valence-corrected chi connectivity index (χ0v) is 13.1. The SMILES string of the molecule is COc1cc(NCC2(O)CCCCC2)cc(OC)c1OC. The molecule has 0 unspecified atom stereocenters. The first kappa shape index (κ1) is 15.8. The van der Waals surface area contributed by atoms with E-state index >= 15 is 0 Å². The summed E-state index contributed by atoms with van der Waals surface area (Å²) in [6.45, 7) is 0.533. The average Bonchev–Trinajstić information content (AvgIpc) is 2.52. The molecule has 1 fully saturated rings. The Morgan fingerprint density at radius 2 is 1.57 bits per heavy atom. The van der Waals surface area contributed by atoms with E-state index in [2.05, 4.69) is 5.32 Å². The number of methoxy groups -OCH3 is 3. The molecule has 0 spiro atoms. The van der Waals surface area contributed by atoms with Crippen molar-refractivity contribution in [3.05, 3.63) is 12.1 Å². The maximum atomic E-state index is 10.5. The summed E-state index contributed by atoms with van der Waals surface area (Å²) in [6, 6.07) is 3.71.